The van der Waals surface area contributed by atoms with Crippen molar-refractivity contribution in [3.63, 3.8) is 0 Å². The molecular formula is C4H8ClNO2. The van der Waals surface area contributed by atoms with Crippen LogP contribution in [-0.2, 0) is 4.79 Å². The zero-order chi connectivity index (χ0) is 6.73. The van der Waals surface area contributed by atoms with Crippen LogP contribution in [0, 0.1) is 0 Å². The molecule has 8 heavy (non-hydrogen) atoms. The molecule has 48 valence electrons. The van der Waals surface area contributed by atoms with E-state index in [9.17, 15) is 4.79 Å². The van der Waals surface area contributed by atoms with Crippen molar-refractivity contribution in [3.05, 3.63) is 0 Å². The summed E-state index contributed by atoms with van der Waals surface area (Å²) in [6, 6.07) is 0. The maximum Gasteiger partial charge on any atom is 0.336 e. The number of alkyl halides is 1. The van der Waals surface area contributed by atoms with Crippen LogP contribution in [0.25, 0.3) is 0 Å². The summed E-state index contributed by atoms with van der Waals surface area (Å²) in [5.41, 5.74) is -0.907. The Bertz CT molecular complexity index is 94.0. The van der Waals surface area contributed by atoms with E-state index in [1.807, 2.05) is 0 Å². The van der Waals surface area contributed by atoms with Gasteiger partial charge < -0.3 is 5.11 Å². The molecule has 0 saturated carbocycles. The number of likely N-dealkylation sites (N-methyl/N-ethyl adjacent to an activating group) is 1. The minimum Gasteiger partial charge on any atom is -0.479 e. The lowest BCUT2D eigenvalue weighted by Gasteiger charge is -2.11. The summed E-state index contributed by atoms with van der Waals surface area (Å²) in [4.78, 5) is 11.4. The van der Waals surface area contributed by atoms with Crippen LogP contribution in [0.1, 0.15) is 0 Å². The van der Waals surface area contributed by atoms with Gasteiger partial charge in [-0.05, 0) is 14.1 Å². The lowest BCUT2D eigenvalue weighted by molar-refractivity contribution is -0.139. The number of hydrogen-bond acceptors (Lipinski definition) is 2. The summed E-state index contributed by atoms with van der Waals surface area (Å²) < 4.78 is 0. The SMILES string of the molecule is CN(C)[C@@H](Cl)C(=O)O. The zero-order valence-corrected chi connectivity index (χ0v) is 5.51. The van der Waals surface area contributed by atoms with Crippen LogP contribution in [0.3, 0.4) is 0 Å². The Hall–Kier alpha value is -0.280. The predicted octanol–water partition coefficient (Wildman–Crippen LogP) is 0.197. The fourth-order valence-electron chi connectivity index (χ4n) is 0.221. The van der Waals surface area contributed by atoms with E-state index in [1.165, 1.54) is 4.90 Å². The molecule has 0 aromatic carbocycles. The first kappa shape index (κ1) is 7.72. The van der Waals surface area contributed by atoms with E-state index >= 15 is 0 Å². The van der Waals surface area contributed by atoms with E-state index in [-0.39, 0.29) is 0 Å². The van der Waals surface area contributed by atoms with Gasteiger partial charge in [-0.2, -0.15) is 0 Å². The molecule has 0 unspecified atom stereocenters. The molecule has 0 rings (SSSR count). The number of rotatable bonds is 2. The smallest absolute Gasteiger partial charge is 0.336 e. The van der Waals surface area contributed by atoms with Gasteiger partial charge >= 0.3 is 5.97 Å². The van der Waals surface area contributed by atoms with Crippen LogP contribution in [0.15, 0.2) is 0 Å². The summed E-state index contributed by atoms with van der Waals surface area (Å²) in [7, 11) is 3.21. The summed E-state index contributed by atoms with van der Waals surface area (Å²) in [6.07, 6.45) is 0. The van der Waals surface area contributed by atoms with Gasteiger partial charge in [0.25, 0.3) is 0 Å². The van der Waals surface area contributed by atoms with Crippen molar-refractivity contribution in [2.45, 2.75) is 5.50 Å². The molecule has 3 nitrogen and oxygen atoms in total. The second kappa shape index (κ2) is 2.89. The normalized spacial score (nSPS) is 14.0. The van der Waals surface area contributed by atoms with Crippen LogP contribution >= 0.6 is 11.6 Å². The Morgan fingerprint density at radius 1 is 1.75 bits per heavy atom. The third-order valence-corrected chi connectivity index (χ3v) is 1.23. The van der Waals surface area contributed by atoms with Gasteiger partial charge in [0.05, 0.1) is 0 Å². The quantitative estimate of drug-likeness (QED) is 0.437. The summed E-state index contributed by atoms with van der Waals surface area (Å²) >= 11 is 5.28. The molecule has 0 aliphatic heterocycles. The van der Waals surface area contributed by atoms with Crippen molar-refractivity contribution in [1.29, 1.82) is 0 Å². The molecule has 0 saturated heterocycles. The number of carbonyl (C=O) groups is 1. The first-order valence-corrected chi connectivity index (χ1v) is 2.52. The molecule has 0 amide bonds. The summed E-state index contributed by atoms with van der Waals surface area (Å²) in [6.45, 7) is 0. The lowest BCUT2D eigenvalue weighted by Crippen LogP contribution is -2.29. The Morgan fingerprint density at radius 3 is 2.12 bits per heavy atom. The second-order valence-corrected chi connectivity index (χ2v) is 2.05. The van der Waals surface area contributed by atoms with Gasteiger partial charge in [0, 0.05) is 0 Å². The van der Waals surface area contributed by atoms with Gasteiger partial charge in [-0.25, -0.2) is 4.79 Å². The molecule has 0 radical (unpaired) electrons. The van der Waals surface area contributed by atoms with Crippen LogP contribution in [0.2, 0.25) is 0 Å². The first-order valence-electron chi connectivity index (χ1n) is 2.09. The van der Waals surface area contributed by atoms with E-state index in [0.29, 0.717) is 0 Å². The Kier molecular flexibility index (Phi) is 2.79. The van der Waals surface area contributed by atoms with Crippen molar-refractivity contribution in [2.24, 2.45) is 0 Å². The molecule has 1 atom stereocenters. The second-order valence-electron chi connectivity index (χ2n) is 1.64. The van der Waals surface area contributed by atoms with Crippen LogP contribution < -0.4 is 0 Å². The van der Waals surface area contributed by atoms with Gasteiger partial charge in [-0.15, -0.1) is 0 Å². The van der Waals surface area contributed by atoms with E-state index in [0.717, 1.165) is 0 Å². The highest BCUT2D eigenvalue weighted by atomic mass is 35.5. The number of carboxylic acid groups (broad SMARTS) is 1. The van der Waals surface area contributed by atoms with Gasteiger partial charge in [0.1, 0.15) is 0 Å². The highest BCUT2D eigenvalue weighted by molar-refractivity contribution is 6.29. The molecule has 0 bridgehead atoms. The average Bonchev–Trinajstić information content (AvgIpc) is 1.64. The van der Waals surface area contributed by atoms with Gasteiger partial charge in [-0.3, -0.25) is 4.90 Å². The van der Waals surface area contributed by atoms with Gasteiger partial charge in [-0.1, -0.05) is 11.6 Å². The number of hydrogen-bond donors (Lipinski definition) is 1. The molecule has 4 heteroatoms. The topological polar surface area (TPSA) is 40.5 Å². The average molecular weight is 138 g/mol. The molecule has 0 aromatic heterocycles. The Morgan fingerprint density at radius 2 is 2.12 bits per heavy atom. The van der Waals surface area contributed by atoms with E-state index in [2.05, 4.69) is 0 Å². The Labute approximate surface area is 52.9 Å². The van der Waals surface area contributed by atoms with Crippen LogP contribution in [0.5, 0.6) is 0 Å². The zero-order valence-electron chi connectivity index (χ0n) is 4.76. The molecule has 0 aromatic rings. The number of halogens is 1. The highest BCUT2D eigenvalue weighted by Crippen LogP contribution is 1.96. The minimum absolute atomic E-state index is 0.907. The molecule has 0 fully saturated rings. The Balaban J connectivity index is 3.64. The number of aliphatic carboxylic acids is 1. The maximum absolute atomic E-state index is 9.97. The summed E-state index contributed by atoms with van der Waals surface area (Å²) in [5, 5.41) is 8.18. The highest BCUT2D eigenvalue weighted by Gasteiger charge is 2.14. The molecular weight excluding hydrogens is 130 g/mol. The lowest BCUT2D eigenvalue weighted by atomic mass is 10.6. The number of nitrogens with zero attached hydrogens (tertiary/aromatic N) is 1. The first-order chi connectivity index (χ1) is 3.55. The van der Waals surface area contributed by atoms with Gasteiger partial charge in [0.2, 0.25) is 0 Å². The predicted molar refractivity (Wildman–Crippen MR) is 31.0 cm³/mol. The van der Waals surface area contributed by atoms with Crippen molar-refractivity contribution in [1.82, 2.24) is 4.90 Å². The third-order valence-electron chi connectivity index (χ3n) is 0.657. The maximum atomic E-state index is 9.97. The minimum atomic E-state index is -1.02. The van der Waals surface area contributed by atoms with Gasteiger partial charge in [0.15, 0.2) is 5.50 Å². The summed E-state index contributed by atoms with van der Waals surface area (Å²) in [5.74, 6) is -1.02. The molecule has 1 N–H and O–H groups in total. The van der Waals surface area contributed by atoms with Crippen molar-refractivity contribution >= 4 is 17.6 Å². The van der Waals surface area contributed by atoms with Crippen LogP contribution in [0.4, 0.5) is 0 Å². The molecule has 0 aliphatic rings. The monoisotopic (exact) mass is 137 g/mol. The van der Waals surface area contributed by atoms with E-state index in [1.54, 1.807) is 14.1 Å². The fourth-order valence-corrected chi connectivity index (χ4v) is 0.221. The molecule has 0 spiro atoms. The van der Waals surface area contributed by atoms with E-state index < -0.39 is 11.5 Å². The molecule has 0 aliphatic carbocycles. The van der Waals surface area contributed by atoms with Crippen molar-refractivity contribution in [2.75, 3.05) is 14.1 Å². The van der Waals surface area contributed by atoms with Crippen LogP contribution in [-0.4, -0.2) is 35.6 Å². The standard InChI is InChI=1S/C4H8ClNO2/c1-6(2)3(5)4(7)8/h3H,1-2H3,(H,7,8)/t3-/m1/s1. The third kappa shape index (κ3) is 2.14. The largest absolute Gasteiger partial charge is 0.479 e. The number of carboxylic acids is 1. The van der Waals surface area contributed by atoms with Crippen molar-refractivity contribution < 1.29 is 9.90 Å². The molecule has 0 heterocycles. The van der Waals surface area contributed by atoms with Crippen molar-refractivity contribution in [3.8, 4) is 0 Å². The fraction of sp³-hybridized carbons (Fsp3) is 0.750. The van der Waals surface area contributed by atoms with E-state index in [4.69, 9.17) is 16.7 Å².